The van der Waals surface area contributed by atoms with E-state index < -0.39 is 0 Å². The summed E-state index contributed by atoms with van der Waals surface area (Å²) in [5.74, 6) is 0. The van der Waals surface area contributed by atoms with Gasteiger partial charge in [-0.2, -0.15) is 0 Å². The first kappa shape index (κ1) is 12.6. The third-order valence-corrected chi connectivity index (χ3v) is 3.30. The van der Waals surface area contributed by atoms with E-state index in [1.54, 1.807) is 18.4 Å². The quantitative estimate of drug-likeness (QED) is 0.808. The Morgan fingerprint density at radius 1 is 1.53 bits per heavy atom. The SMILES string of the molecule is COCC(C)(C)NCCc1scnc1C. The Balaban J connectivity index is 2.30. The van der Waals surface area contributed by atoms with Crippen molar-refractivity contribution in [2.75, 3.05) is 20.3 Å². The van der Waals surface area contributed by atoms with Gasteiger partial charge in [-0.05, 0) is 27.2 Å². The molecular weight excluding hydrogens is 208 g/mol. The minimum absolute atomic E-state index is 0.0490. The Morgan fingerprint density at radius 3 is 2.80 bits per heavy atom. The summed E-state index contributed by atoms with van der Waals surface area (Å²) in [5, 5.41) is 3.48. The molecule has 86 valence electrons. The standard InChI is InChI=1S/C11H20N2OS/c1-9-10(15-8-12-9)5-6-13-11(2,3)7-14-4/h8,13H,5-7H2,1-4H3. The van der Waals surface area contributed by atoms with Crippen LogP contribution in [0.5, 0.6) is 0 Å². The smallest absolute Gasteiger partial charge is 0.0797 e. The van der Waals surface area contributed by atoms with Crippen LogP contribution < -0.4 is 5.32 Å². The van der Waals surface area contributed by atoms with Crippen molar-refractivity contribution in [2.45, 2.75) is 32.7 Å². The first-order valence-corrected chi connectivity index (χ1v) is 6.06. The van der Waals surface area contributed by atoms with E-state index in [2.05, 4.69) is 31.1 Å². The summed E-state index contributed by atoms with van der Waals surface area (Å²) in [7, 11) is 1.73. The van der Waals surface area contributed by atoms with E-state index in [4.69, 9.17) is 4.74 Å². The molecule has 0 bridgehead atoms. The zero-order valence-electron chi connectivity index (χ0n) is 9.96. The molecule has 1 heterocycles. The Labute approximate surface area is 95.9 Å². The maximum absolute atomic E-state index is 5.15. The molecule has 0 amide bonds. The van der Waals surface area contributed by atoms with Crippen molar-refractivity contribution < 1.29 is 4.74 Å². The molecule has 1 N–H and O–H groups in total. The van der Waals surface area contributed by atoms with Gasteiger partial charge >= 0.3 is 0 Å². The van der Waals surface area contributed by atoms with Crippen LogP contribution in [0.3, 0.4) is 0 Å². The molecule has 0 radical (unpaired) electrons. The molecule has 0 aromatic carbocycles. The lowest BCUT2D eigenvalue weighted by Crippen LogP contribution is -2.44. The van der Waals surface area contributed by atoms with Crippen LogP contribution in [0.15, 0.2) is 5.51 Å². The van der Waals surface area contributed by atoms with Crippen molar-refractivity contribution in [3.05, 3.63) is 16.1 Å². The monoisotopic (exact) mass is 228 g/mol. The summed E-state index contributed by atoms with van der Waals surface area (Å²) in [4.78, 5) is 5.61. The molecule has 1 aromatic rings. The fourth-order valence-electron chi connectivity index (χ4n) is 1.49. The fourth-order valence-corrected chi connectivity index (χ4v) is 2.27. The van der Waals surface area contributed by atoms with Crippen LogP contribution in [-0.2, 0) is 11.2 Å². The lowest BCUT2D eigenvalue weighted by atomic mass is 10.1. The third kappa shape index (κ3) is 4.28. The minimum Gasteiger partial charge on any atom is -0.383 e. The number of thiazole rings is 1. The van der Waals surface area contributed by atoms with Crippen LogP contribution in [0, 0.1) is 6.92 Å². The number of hydrogen-bond donors (Lipinski definition) is 1. The number of nitrogens with zero attached hydrogens (tertiary/aromatic N) is 1. The number of aromatic nitrogens is 1. The molecule has 0 spiro atoms. The first-order valence-electron chi connectivity index (χ1n) is 5.18. The summed E-state index contributed by atoms with van der Waals surface area (Å²) in [5.41, 5.74) is 3.12. The number of nitrogens with one attached hydrogen (secondary N) is 1. The van der Waals surface area contributed by atoms with E-state index in [1.165, 1.54) is 4.88 Å². The van der Waals surface area contributed by atoms with Crippen molar-refractivity contribution in [1.29, 1.82) is 0 Å². The average Bonchev–Trinajstić information content (AvgIpc) is 2.51. The summed E-state index contributed by atoms with van der Waals surface area (Å²) in [6, 6.07) is 0. The van der Waals surface area contributed by atoms with Gasteiger partial charge in [0.1, 0.15) is 0 Å². The second-order valence-electron chi connectivity index (χ2n) is 4.35. The Hall–Kier alpha value is -0.450. The van der Waals surface area contributed by atoms with E-state index in [9.17, 15) is 0 Å². The largest absolute Gasteiger partial charge is 0.383 e. The van der Waals surface area contributed by atoms with E-state index in [1.807, 2.05) is 5.51 Å². The molecule has 1 aromatic heterocycles. The number of methoxy groups -OCH3 is 1. The highest BCUT2D eigenvalue weighted by Gasteiger charge is 2.16. The molecule has 0 atom stereocenters. The van der Waals surface area contributed by atoms with Gasteiger partial charge in [-0.3, -0.25) is 0 Å². The second kappa shape index (κ2) is 5.58. The maximum atomic E-state index is 5.15. The summed E-state index contributed by atoms with van der Waals surface area (Å²) in [6.45, 7) is 8.06. The second-order valence-corrected chi connectivity index (χ2v) is 5.29. The molecule has 0 unspecified atom stereocenters. The van der Waals surface area contributed by atoms with E-state index in [0.717, 1.165) is 25.3 Å². The van der Waals surface area contributed by atoms with Crippen molar-refractivity contribution >= 4 is 11.3 Å². The Morgan fingerprint density at radius 2 is 2.27 bits per heavy atom. The van der Waals surface area contributed by atoms with Crippen LogP contribution in [0.4, 0.5) is 0 Å². The molecule has 0 fully saturated rings. The molecule has 0 aliphatic carbocycles. The zero-order valence-corrected chi connectivity index (χ0v) is 10.8. The molecule has 0 aliphatic rings. The lowest BCUT2D eigenvalue weighted by Gasteiger charge is -2.25. The van der Waals surface area contributed by atoms with Crippen LogP contribution in [-0.4, -0.2) is 30.8 Å². The van der Waals surface area contributed by atoms with Crippen molar-refractivity contribution in [2.24, 2.45) is 0 Å². The van der Waals surface area contributed by atoms with E-state index >= 15 is 0 Å². The highest BCUT2D eigenvalue weighted by atomic mass is 32.1. The van der Waals surface area contributed by atoms with Gasteiger partial charge in [0.15, 0.2) is 0 Å². The molecule has 0 saturated carbocycles. The van der Waals surface area contributed by atoms with Gasteiger partial charge in [0.25, 0.3) is 0 Å². The molecule has 3 nitrogen and oxygen atoms in total. The highest BCUT2D eigenvalue weighted by Crippen LogP contribution is 2.12. The molecule has 1 rings (SSSR count). The minimum atomic E-state index is 0.0490. The summed E-state index contributed by atoms with van der Waals surface area (Å²) in [6.07, 6.45) is 1.05. The van der Waals surface area contributed by atoms with Gasteiger partial charge in [0.2, 0.25) is 0 Å². The van der Waals surface area contributed by atoms with Gasteiger partial charge in [-0.25, -0.2) is 4.98 Å². The zero-order chi connectivity index (χ0) is 11.3. The number of aryl methyl sites for hydroxylation is 1. The average molecular weight is 228 g/mol. The number of rotatable bonds is 6. The van der Waals surface area contributed by atoms with Crippen LogP contribution in [0.1, 0.15) is 24.4 Å². The maximum Gasteiger partial charge on any atom is 0.0797 e. The summed E-state index contributed by atoms with van der Waals surface area (Å²) >= 11 is 1.73. The lowest BCUT2D eigenvalue weighted by molar-refractivity contribution is 0.129. The number of hydrogen-bond acceptors (Lipinski definition) is 4. The summed E-state index contributed by atoms with van der Waals surface area (Å²) < 4.78 is 5.15. The Kier molecular flexibility index (Phi) is 4.70. The molecule has 0 aliphatic heterocycles. The van der Waals surface area contributed by atoms with Gasteiger partial charge in [-0.15, -0.1) is 11.3 Å². The predicted molar refractivity (Wildman–Crippen MR) is 64.5 cm³/mol. The van der Waals surface area contributed by atoms with Crippen LogP contribution in [0.25, 0.3) is 0 Å². The third-order valence-electron chi connectivity index (χ3n) is 2.31. The van der Waals surface area contributed by atoms with Crippen LogP contribution >= 0.6 is 11.3 Å². The van der Waals surface area contributed by atoms with E-state index in [0.29, 0.717) is 0 Å². The molecule has 0 saturated heterocycles. The van der Waals surface area contributed by atoms with Crippen molar-refractivity contribution in [3.63, 3.8) is 0 Å². The topological polar surface area (TPSA) is 34.1 Å². The van der Waals surface area contributed by atoms with Crippen molar-refractivity contribution in [1.82, 2.24) is 10.3 Å². The Bertz CT molecular complexity index is 297. The van der Waals surface area contributed by atoms with Gasteiger partial charge in [-0.1, -0.05) is 0 Å². The van der Waals surface area contributed by atoms with E-state index in [-0.39, 0.29) is 5.54 Å². The fraction of sp³-hybridized carbons (Fsp3) is 0.727. The molecular formula is C11H20N2OS. The van der Waals surface area contributed by atoms with Gasteiger partial charge in [0, 0.05) is 24.1 Å². The van der Waals surface area contributed by atoms with Crippen LogP contribution in [0.2, 0.25) is 0 Å². The first-order chi connectivity index (χ1) is 7.05. The molecule has 4 heteroatoms. The van der Waals surface area contributed by atoms with Crippen molar-refractivity contribution in [3.8, 4) is 0 Å². The van der Waals surface area contributed by atoms with Gasteiger partial charge in [0.05, 0.1) is 17.8 Å². The predicted octanol–water partition coefficient (Wildman–Crippen LogP) is 2.01. The molecule has 15 heavy (non-hydrogen) atoms. The normalized spacial score (nSPS) is 12.0. The van der Waals surface area contributed by atoms with Gasteiger partial charge < -0.3 is 10.1 Å². The highest BCUT2D eigenvalue weighted by molar-refractivity contribution is 7.09. The number of ether oxygens (including phenoxy) is 1.